The number of hydrogen-bond acceptors (Lipinski definition) is 2. The summed E-state index contributed by atoms with van der Waals surface area (Å²) in [6, 6.07) is 0. The fraction of sp³-hybridized carbons (Fsp3) is 0.950. The molecule has 0 amide bonds. The van der Waals surface area contributed by atoms with Crippen molar-refractivity contribution in [2.24, 2.45) is 34.5 Å². The first-order chi connectivity index (χ1) is 10.5. The second-order valence-corrected chi connectivity index (χ2v) is 9.21. The summed E-state index contributed by atoms with van der Waals surface area (Å²) in [7, 11) is 1.89. The summed E-state index contributed by atoms with van der Waals surface area (Å²) in [4.78, 5) is 12.4. The van der Waals surface area contributed by atoms with Crippen LogP contribution in [0.3, 0.4) is 0 Å². The van der Waals surface area contributed by atoms with Crippen molar-refractivity contribution in [1.82, 2.24) is 0 Å². The lowest BCUT2D eigenvalue weighted by atomic mass is 9.45. The Morgan fingerprint density at radius 3 is 2.55 bits per heavy atom. The quantitative estimate of drug-likeness (QED) is 0.707. The Bertz CT molecular complexity index is 472. The molecule has 0 unspecified atom stereocenters. The maximum atomic E-state index is 12.4. The van der Waals surface area contributed by atoms with Gasteiger partial charge in [-0.1, -0.05) is 13.8 Å². The number of methoxy groups -OCH3 is 1. The summed E-state index contributed by atoms with van der Waals surface area (Å²) >= 11 is 0. The highest BCUT2D eigenvalue weighted by atomic mass is 16.5. The Morgan fingerprint density at radius 1 is 1.00 bits per heavy atom. The van der Waals surface area contributed by atoms with Gasteiger partial charge in [-0.05, 0) is 80.5 Å². The lowest BCUT2D eigenvalue weighted by Crippen LogP contribution is -2.54. The molecule has 0 aliphatic heterocycles. The van der Waals surface area contributed by atoms with Gasteiger partial charge in [-0.3, -0.25) is 4.79 Å². The SMILES string of the molecule is CO[C@@H]1CC[C@@H]2CC[C@@H]3[C@H](CC[C@]4(C)C(=O)CC[C@@H]34)[C@@]2(C)C1. The average molecular weight is 304 g/mol. The minimum absolute atomic E-state index is 0.0275. The molecule has 0 bridgehead atoms. The first kappa shape index (κ1) is 15.2. The molecule has 4 aliphatic carbocycles. The Kier molecular flexibility index (Phi) is 3.49. The van der Waals surface area contributed by atoms with Gasteiger partial charge >= 0.3 is 0 Å². The second kappa shape index (κ2) is 5.06. The van der Waals surface area contributed by atoms with E-state index >= 15 is 0 Å². The largest absolute Gasteiger partial charge is 0.381 e. The van der Waals surface area contributed by atoms with Crippen molar-refractivity contribution in [2.75, 3.05) is 7.11 Å². The van der Waals surface area contributed by atoms with Crippen LogP contribution in [0.4, 0.5) is 0 Å². The summed E-state index contributed by atoms with van der Waals surface area (Å²) in [5, 5.41) is 0. The molecule has 4 rings (SSSR count). The van der Waals surface area contributed by atoms with Gasteiger partial charge in [0.15, 0.2) is 0 Å². The zero-order chi connectivity index (χ0) is 15.5. The Balaban J connectivity index is 1.63. The highest BCUT2D eigenvalue weighted by molar-refractivity contribution is 5.87. The van der Waals surface area contributed by atoms with Crippen molar-refractivity contribution in [3.05, 3.63) is 0 Å². The second-order valence-electron chi connectivity index (χ2n) is 9.21. The summed E-state index contributed by atoms with van der Waals surface area (Å²) < 4.78 is 5.75. The van der Waals surface area contributed by atoms with Crippen LogP contribution in [0.5, 0.6) is 0 Å². The highest BCUT2D eigenvalue weighted by Crippen LogP contribution is 2.65. The van der Waals surface area contributed by atoms with Gasteiger partial charge in [0, 0.05) is 18.9 Å². The van der Waals surface area contributed by atoms with Crippen LogP contribution < -0.4 is 0 Å². The standard InChI is InChI=1S/C20H32O2/c1-19-11-10-17-15(16(19)8-9-18(19)21)7-5-13-4-6-14(22-3)12-20(13,17)2/h13-17H,4-12H2,1-3H3/t13-,14-,15+,16+,17+,19+,20+/m1/s1. The van der Waals surface area contributed by atoms with E-state index in [0.29, 0.717) is 23.2 Å². The van der Waals surface area contributed by atoms with Gasteiger partial charge in [0.2, 0.25) is 0 Å². The van der Waals surface area contributed by atoms with Crippen LogP contribution in [0.25, 0.3) is 0 Å². The molecule has 0 spiro atoms. The van der Waals surface area contributed by atoms with E-state index in [1.807, 2.05) is 7.11 Å². The Morgan fingerprint density at radius 2 is 1.77 bits per heavy atom. The Labute approximate surface area is 135 Å². The maximum Gasteiger partial charge on any atom is 0.139 e. The molecule has 4 saturated carbocycles. The molecule has 0 heterocycles. The lowest BCUT2D eigenvalue weighted by Gasteiger charge is -2.60. The van der Waals surface area contributed by atoms with Crippen molar-refractivity contribution in [2.45, 2.75) is 77.7 Å². The third-order valence-corrected chi connectivity index (χ3v) is 8.61. The van der Waals surface area contributed by atoms with Gasteiger partial charge in [-0.2, -0.15) is 0 Å². The molecular formula is C20H32O2. The van der Waals surface area contributed by atoms with Crippen LogP contribution in [-0.4, -0.2) is 19.0 Å². The molecular weight excluding hydrogens is 272 g/mol. The summed E-state index contributed by atoms with van der Waals surface area (Å²) in [6.45, 7) is 4.86. The number of ketones is 1. The molecule has 2 nitrogen and oxygen atoms in total. The molecule has 0 saturated heterocycles. The average Bonchev–Trinajstić information content (AvgIpc) is 2.81. The summed E-state index contributed by atoms with van der Waals surface area (Å²) in [6.07, 6.45) is 11.6. The van der Waals surface area contributed by atoms with E-state index in [2.05, 4.69) is 13.8 Å². The van der Waals surface area contributed by atoms with E-state index in [0.717, 1.165) is 30.6 Å². The maximum absolute atomic E-state index is 12.4. The third-order valence-electron chi connectivity index (χ3n) is 8.61. The van der Waals surface area contributed by atoms with Crippen LogP contribution in [0.1, 0.15) is 71.6 Å². The lowest BCUT2D eigenvalue weighted by molar-refractivity contribution is -0.145. The first-order valence-electron chi connectivity index (χ1n) is 9.55. The van der Waals surface area contributed by atoms with Crippen LogP contribution in [0.2, 0.25) is 0 Å². The summed E-state index contributed by atoms with van der Waals surface area (Å²) in [5.74, 6) is 3.80. The van der Waals surface area contributed by atoms with E-state index in [9.17, 15) is 4.79 Å². The number of carbonyl (C=O) groups excluding carboxylic acids is 1. The number of ether oxygens (including phenoxy) is 1. The van der Waals surface area contributed by atoms with E-state index < -0.39 is 0 Å². The van der Waals surface area contributed by atoms with Crippen LogP contribution in [0, 0.1) is 34.5 Å². The van der Waals surface area contributed by atoms with Crippen molar-refractivity contribution < 1.29 is 9.53 Å². The Hall–Kier alpha value is -0.370. The summed E-state index contributed by atoms with van der Waals surface area (Å²) in [5.41, 5.74) is 0.495. The van der Waals surface area contributed by atoms with Crippen LogP contribution in [0.15, 0.2) is 0 Å². The molecule has 4 aliphatic rings. The fourth-order valence-corrected chi connectivity index (χ4v) is 7.28. The molecule has 2 heteroatoms. The number of hydrogen-bond donors (Lipinski definition) is 0. The molecule has 0 radical (unpaired) electrons. The highest BCUT2D eigenvalue weighted by Gasteiger charge is 2.60. The molecule has 0 aromatic heterocycles. The van der Waals surface area contributed by atoms with E-state index in [4.69, 9.17) is 4.74 Å². The third kappa shape index (κ3) is 1.92. The number of rotatable bonds is 1. The number of carbonyl (C=O) groups is 1. The molecule has 0 N–H and O–H groups in total. The van der Waals surface area contributed by atoms with Crippen molar-refractivity contribution in [1.29, 1.82) is 0 Å². The van der Waals surface area contributed by atoms with E-state index in [1.54, 1.807) is 0 Å². The molecule has 22 heavy (non-hydrogen) atoms. The molecule has 0 aromatic rings. The van der Waals surface area contributed by atoms with Crippen molar-refractivity contribution >= 4 is 5.78 Å². The van der Waals surface area contributed by atoms with Crippen LogP contribution >= 0.6 is 0 Å². The van der Waals surface area contributed by atoms with Gasteiger partial charge < -0.3 is 4.74 Å². The monoisotopic (exact) mass is 304 g/mol. The number of fused-ring (bicyclic) bond motifs is 5. The zero-order valence-corrected chi connectivity index (χ0v) is 14.6. The number of Topliss-reactive ketones (excluding diaryl/α,β-unsaturated/α-hetero) is 1. The minimum Gasteiger partial charge on any atom is -0.381 e. The van der Waals surface area contributed by atoms with Gasteiger partial charge in [-0.15, -0.1) is 0 Å². The fourth-order valence-electron chi connectivity index (χ4n) is 7.28. The van der Waals surface area contributed by atoms with Gasteiger partial charge in [-0.25, -0.2) is 0 Å². The van der Waals surface area contributed by atoms with Gasteiger partial charge in [0.25, 0.3) is 0 Å². The van der Waals surface area contributed by atoms with E-state index in [1.165, 1.54) is 44.9 Å². The van der Waals surface area contributed by atoms with Gasteiger partial charge in [0.1, 0.15) is 5.78 Å². The van der Waals surface area contributed by atoms with Crippen molar-refractivity contribution in [3.8, 4) is 0 Å². The molecule has 0 aromatic carbocycles. The van der Waals surface area contributed by atoms with E-state index in [-0.39, 0.29) is 5.41 Å². The zero-order valence-electron chi connectivity index (χ0n) is 14.6. The topological polar surface area (TPSA) is 26.3 Å². The van der Waals surface area contributed by atoms with Gasteiger partial charge in [0.05, 0.1) is 6.10 Å². The normalized spacial score (nSPS) is 54.5. The predicted octanol–water partition coefficient (Wildman–Crippen LogP) is 4.61. The predicted molar refractivity (Wildman–Crippen MR) is 87.5 cm³/mol. The van der Waals surface area contributed by atoms with Crippen molar-refractivity contribution in [3.63, 3.8) is 0 Å². The van der Waals surface area contributed by atoms with Crippen LogP contribution in [-0.2, 0) is 9.53 Å². The molecule has 7 atom stereocenters. The first-order valence-corrected chi connectivity index (χ1v) is 9.55. The molecule has 4 fully saturated rings. The minimum atomic E-state index is 0.0275. The molecule has 124 valence electrons. The smallest absolute Gasteiger partial charge is 0.139 e.